The second kappa shape index (κ2) is 9.98. The Hall–Kier alpha value is -2.90. The molecule has 6 N–H and O–H groups in total. The molecule has 0 fully saturated rings. The summed E-state index contributed by atoms with van der Waals surface area (Å²) in [6.45, 7) is 0.566. The monoisotopic (exact) mass is 334 g/mol. The fourth-order valence-corrected chi connectivity index (χ4v) is 1.91. The van der Waals surface area contributed by atoms with E-state index >= 15 is 0 Å². The summed E-state index contributed by atoms with van der Waals surface area (Å²) in [7, 11) is 0. The number of nitrogen functional groups attached to an aromatic ring is 1. The summed E-state index contributed by atoms with van der Waals surface area (Å²) in [5, 5.41) is 21.0. The first-order chi connectivity index (χ1) is 11.4. The Bertz CT molecular complexity index is 599. The highest BCUT2D eigenvalue weighted by Gasteiger charge is 2.06. The van der Waals surface area contributed by atoms with Gasteiger partial charge in [0.15, 0.2) is 0 Å². The normalized spacial score (nSPS) is 10.0. The lowest BCUT2D eigenvalue weighted by molar-refractivity contribution is -0.136. The highest BCUT2D eigenvalue weighted by atomic mass is 16.4. The van der Waals surface area contributed by atoms with Crippen molar-refractivity contribution in [3.05, 3.63) is 35.4 Å². The molecule has 1 rings (SSSR count). The molecule has 0 bridgehead atoms. The number of hydrogen-bond donors (Lipinski definition) is 5. The third-order valence-corrected chi connectivity index (χ3v) is 3.24. The van der Waals surface area contributed by atoms with Gasteiger partial charge in [-0.15, -0.1) is 0 Å². The molecule has 0 aliphatic heterocycles. The number of carboxylic acid groups (broad SMARTS) is 1. The van der Waals surface area contributed by atoms with Gasteiger partial charge in [-0.2, -0.15) is 0 Å². The van der Waals surface area contributed by atoms with E-state index in [4.69, 9.17) is 16.2 Å². The van der Waals surface area contributed by atoms with Gasteiger partial charge in [-0.25, -0.2) is 0 Å². The number of nitrogens with one attached hydrogen (secondary N) is 3. The molecule has 8 heteroatoms. The molecule has 2 amide bonds. The van der Waals surface area contributed by atoms with Crippen molar-refractivity contribution in [1.82, 2.24) is 10.6 Å². The minimum absolute atomic E-state index is 0.0522. The van der Waals surface area contributed by atoms with Crippen LogP contribution in [0.1, 0.15) is 41.6 Å². The third kappa shape index (κ3) is 7.39. The molecule has 0 heterocycles. The number of carboxylic acids is 1. The standard InChI is InChI=1S/C16H22N4O4/c17-15(18)11-4-6-12(7-5-11)16(24)20-9-2-1-3-13(21)19-10-8-14(22)23/h4-7H,1-3,8-10H2,(H3,17,18)(H,19,21)(H,20,24)(H,22,23). The van der Waals surface area contributed by atoms with Gasteiger partial charge in [0.25, 0.3) is 5.91 Å². The minimum Gasteiger partial charge on any atom is -0.481 e. The maximum absolute atomic E-state index is 11.9. The summed E-state index contributed by atoms with van der Waals surface area (Å²) in [4.78, 5) is 33.6. The van der Waals surface area contributed by atoms with Gasteiger partial charge < -0.3 is 21.5 Å². The molecular formula is C16H22N4O4. The molecule has 1 aromatic rings. The van der Waals surface area contributed by atoms with Gasteiger partial charge in [-0.3, -0.25) is 19.8 Å². The quantitative estimate of drug-likeness (QED) is 0.240. The number of carbonyl (C=O) groups is 3. The zero-order valence-corrected chi connectivity index (χ0v) is 13.3. The Balaban J connectivity index is 2.18. The summed E-state index contributed by atoms with van der Waals surface area (Å²) in [6, 6.07) is 6.42. The average molecular weight is 334 g/mol. The maximum atomic E-state index is 11.9. The highest BCUT2D eigenvalue weighted by molar-refractivity contribution is 5.98. The van der Waals surface area contributed by atoms with Gasteiger partial charge >= 0.3 is 5.97 Å². The molecule has 8 nitrogen and oxygen atoms in total. The summed E-state index contributed by atoms with van der Waals surface area (Å²) < 4.78 is 0. The van der Waals surface area contributed by atoms with Crippen molar-refractivity contribution in [3.8, 4) is 0 Å². The molecule has 0 aromatic heterocycles. The van der Waals surface area contributed by atoms with Crippen LogP contribution in [0, 0.1) is 5.41 Å². The maximum Gasteiger partial charge on any atom is 0.305 e. The van der Waals surface area contributed by atoms with Crippen LogP contribution in [0.25, 0.3) is 0 Å². The largest absolute Gasteiger partial charge is 0.481 e. The van der Waals surface area contributed by atoms with Crippen molar-refractivity contribution in [3.63, 3.8) is 0 Å². The van der Waals surface area contributed by atoms with Crippen LogP contribution in [-0.2, 0) is 9.59 Å². The van der Waals surface area contributed by atoms with Crippen LogP contribution in [0.5, 0.6) is 0 Å². The van der Waals surface area contributed by atoms with Crippen LogP contribution in [0.3, 0.4) is 0 Å². The first-order valence-electron chi connectivity index (χ1n) is 7.61. The molecule has 1 aromatic carbocycles. The fourth-order valence-electron chi connectivity index (χ4n) is 1.91. The van der Waals surface area contributed by atoms with Gasteiger partial charge in [0, 0.05) is 30.6 Å². The number of carbonyl (C=O) groups excluding carboxylic acids is 2. The average Bonchev–Trinajstić information content (AvgIpc) is 2.54. The first kappa shape index (κ1) is 19.1. The fraction of sp³-hybridized carbons (Fsp3) is 0.375. The van der Waals surface area contributed by atoms with E-state index in [1.54, 1.807) is 24.3 Å². The van der Waals surface area contributed by atoms with Gasteiger partial charge in [0.1, 0.15) is 5.84 Å². The molecule has 0 radical (unpaired) electrons. The summed E-state index contributed by atoms with van der Waals surface area (Å²) in [6.07, 6.45) is 1.44. The van der Waals surface area contributed by atoms with E-state index in [9.17, 15) is 14.4 Å². The van der Waals surface area contributed by atoms with Crippen molar-refractivity contribution >= 4 is 23.6 Å². The highest BCUT2D eigenvalue weighted by Crippen LogP contribution is 2.04. The molecular weight excluding hydrogens is 312 g/mol. The molecule has 0 saturated heterocycles. The van der Waals surface area contributed by atoms with Crippen LogP contribution in [0.4, 0.5) is 0 Å². The predicted octanol–water partition coefficient (Wildman–Crippen LogP) is 0.462. The zero-order chi connectivity index (χ0) is 17.9. The lowest BCUT2D eigenvalue weighted by Gasteiger charge is -2.06. The lowest BCUT2D eigenvalue weighted by atomic mass is 10.1. The Morgan fingerprint density at radius 1 is 0.958 bits per heavy atom. The molecule has 0 atom stereocenters. The second-order valence-electron chi connectivity index (χ2n) is 5.20. The van der Waals surface area contributed by atoms with Crippen LogP contribution >= 0.6 is 0 Å². The van der Waals surface area contributed by atoms with E-state index in [-0.39, 0.29) is 30.6 Å². The number of nitrogens with two attached hydrogens (primary N) is 1. The molecule has 0 aliphatic carbocycles. The van der Waals surface area contributed by atoms with Crippen molar-refractivity contribution in [2.24, 2.45) is 5.73 Å². The van der Waals surface area contributed by atoms with Crippen molar-refractivity contribution < 1.29 is 19.5 Å². The van der Waals surface area contributed by atoms with Crippen molar-refractivity contribution in [2.45, 2.75) is 25.7 Å². The first-order valence-corrected chi connectivity index (χ1v) is 7.61. The molecule has 0 aliphatic rings. The van der Waals surface area contributed by atoms with Gasteiger partial charge in [-0.1, -0.05) is 12.1 Å². The van der Waals surface area contributed by atoms with Crippen LogP contribution in [0.2, 0.25) is 0 Å². The molecule has 0 spiro atoms. The van der Waals surface area contributed by atoms with E-state index < -0.39 is 5.97 Å². The minimum atomic E-state index is -0.950. The number of amidine groups is 1. The van der Waals surface area contributed by atoms with E-state index in [0.29, 0.717) is 36.9 Å². The Morgan fingerprint density at radius 2 is 1.58 bits per heavy atom. The Morgan fingerprint density at radius 3 is 2.17 bits per heavy atom. The van der Waals surface area contributed by atoms with Crippen LogP contribution in [-0.4, -0.2) is 41.8 Å². The van der Waals surface area contributed by atoms with Gasteiger partial charge in [0.2, 0.25) is 5.91 Å². The molecule has 0 unspecified atom stereocenters. The van der Waals surface area contributed by atoms with Gasteiger partial charge in [-0.05, 0) is 25.0 Å². The summed E-state index contributed by atoms with van der Waals surface area (Å²) in [5.41, 5.74) is 6.38. The van der Waals surface area contributed by atoms with Crippen molar-refractivity contribution in [1.29, 1.82) is 5.41 Å². The van der Waals surface area contributed by atoms with Crippen LogP contribution < -0.4 is 16.4 Å². The lowest BCUT2D eigenvalue weighted by Crippen LogP contribution is -2.27. The topological polar surface area (TPSA) is 145 Å². The van der Waals surface area contributed by atoms with Crippen molar-refractivity contribution in [2.75, 3.05) is 13.1 Å². The number of aliphatic carboxylic acids is 1. The number of hydrogen-bond acceptors (Lipinski definition) is 4. The number of amides is 2. The van der Waals surface area contributed by atoms with E-state index in [0.717, 1.165) is 0 Å². The zero-order valence-electron chi connectivity index (χ0n) is 13.3. The smallest absolute Gasteiger partial charge is 0.305 e. The van der Waals surface area contributed by atoms with E-state index in [1.165, 1.54) is 0 Å². The molecule has 24 heavy (non-hydrogen) atoms. The van der Waals surface area contributed by atoms with E-state index in [1.807, 2.05) is 0 Å². The molecule has 0 saturated carbocycles. The second-order valence-corrected chi connectivity index (χ2v) is 5.20. The number of rotatable bonds is 10. The molecule has 130 valence electrons. The third-order valence-electron chi connectivity index (χ3n) is 3.24. The summed E-state index contributed by atoms with van der Waals surface area (Å²) in [5.74, 6) is -1.42. The SMILES string of the molecule is N=C(N)c1ccc(C(=O)NCCCCC(=O)NCCC(=O)O)cc1. The Kier molecular flexibility index (Phi) is 7.97. The van der Waals surface area contributed by atoms with Gasteiger partial charge in [0.05, 0.1) is 6.42 Å². The number of unbranched alkanes of at least 4 members (excludes halogenated alkanes) is 1. The summed E-state index contributed by atoms with van der Waals surface area (Å²) >= 11 is 0. The van der Waals surface area contributed by atoms with E-state index in [2.05, 4.69) is 10.6 Å². The number of benzene rings is 1. The Labute approximate surface area is 139 Å². The predicted molar refractivity (Wildman–Crippen MR) is 88.9 cm³/mol. The van der Waals surface area contributed by atoms with Crippen LogP contribution in [0.15, 0.2) is 24.3 Å².